The summed E-state index contributed by atoms with van der Waals surface area (Å²) in [4.78, 5) is 19.4. The quantitative estimate of drug-likeness (QED) is 0.250. The van der Waals surface area contributed by atoms with Gasteiger partial charge in [-0.1, -0.05) is 72.8 Å². The summed E-state index contributed by atoms with van der Waals surface area (Å²) in [6.07, 6.45) is 5.91. The van der Waals surface area contributed by atoms with Crippen LogP contribution < -0.4 is 9.47 Å². The first-order chi connectivity index (χ1) is 17.7. The summed E-state index contributed by atoms with van der Waals surface area (Å²) in [7, 11) is 1.63. The van der Waals surface area contributed by atoms with Crippen molar-refractivity contribution in [2.45, 2.75) is 19.6 Å². The van der Waals surface area contributed by atoms with Gasteiger partial charge in [0.25, 0.3) is 0 Å². The topological polar surface area (TPSA) is 51.7 Å². The molecule has 36 heavy (non-hydrogen) atoms. The molecule has 5 nitrogen and oxygen atoms in total. The van der Waals surface area contributed by atoms with Crippen LogP contribution >= 0.6 is 0 Å². The molecular formula is C31H30N2O3. The zero-order valence-electron chi connectivity index (χ0n) is 20.4. The van der Waals surface area contributed by atoms with Gasteiger partial charge in [-0.05, 0) is 47.0 Å². The molecule has 0 bridgehead atoms. The third-order valence-corrected chi connectivity index (χ3v) is 5.73. The normalized spacial score (nSPS) is 10.8. The van der Waals surface area contributed by atoms with Crippen molar-refractivity contribution >= 4 is 12.0 Å². The zero-order valence-corrected chi connectivity index (χ0v) is 20.4. The van der Waals surface area contributed by atoms with Crippen LogP contribution in [0, 0.1) is 0 Å². The molecular weight excluding hydrogens is 448 g/mol. The second kappa shape index (κ2) is 12.9. The summed E-state index contributed by atoms with van der Waals surface area (Å²) in [5.41, 5.74) is 3.98. The zero-order chi connectivity index (χ0) is 25.0. The Bertz CT molecular complexity index is 1260. The van der Waals surface area contributed by atoms with E-state index in [1.54, 1.807) is 19.4 Å². The number of amides is 1. The third kappa shape index (κ3) is 7.31. The lowest BCUT2D eigenvalue weighted by Crippen LogP contribution is -2.31. The second-order valence-corrected chi connectivity index (χ2v) is 8.33. The first kappa shape index (κ1) is 24.7. The molecule has 0 spiro atoms. The Labute approximate surface area is 212 Å². The van der Waals surface area contributed by atoms with Gasteiger partial charge >= 0.3 is 0 Å². The number of carbonyl (C=O) groups is 1. The van der Waals surface area contributed by atoms with Gasteiger partial charge in [0, 0.05) is 37.5 Å². The van der Waals surface area contributed by atoms with Crippen molar-refractivity contribution in [1.29, 1.82) is 0 Å². The van der Waals surface area contributed by atoms with Gasteiger partial charge in [0.05, 0.1) is 7.11 Å². The molecule has 0 fully saturated rings. The molecule has 0 N–H and O–H groups in total. The molecule has 0 aliphatic rings. The standard InChI is InChI=1S/C31H30N2O3/c1-35-30-22-27(15-17-29(30)36-24-26-12-6-3-7-13-26)23-33(21-19-28-14-8-9-20-32-28)31(34)18-16-25-10-4-2-5-11-25/h2-18,20,22H,19,21,23-24H2,1H3/b18-16+. The van der Waals surface area contributed by atoms with E-state index in [0.29, 0.717) is 37.6 Å². The average Bonchev–Trinajstić information content (AvgIpc) is 2.94. The molecule has 4 aromatic rings. The van der Waals surface area contributed by atoms with Crippen LogP contribution in [0.5, 0.6) is 11.5 Å². The maximum atomic E-state index is 13.2. The van der Waals surface area contributed by atoms with Gasteiger partial charge in [0.15, 0.2) is 11.5 Å². The van der Waals surface area contributed by atoms with Gasteiger partial charge in [-0.2, -0.15) is 0 Å². The van der Waals surface area contributed by atoms with Gasteiger partial charge in [-0.3, -0.25) is 9.78 Å². The highest BCUT2D eigenvalue weighted by Gasteiger charge is 2.14. The Morgan fingerprint density at radius 1 is 0.861 bits per heavy atom. The fourth-order valence-electron chi connectivity index (χ4n) is 3.79. The largest absolute Gasteiger partial charge is 0.493 e. The lowest BCUT2D eigenvalue weighted by Gasteiger charge is -2.22. The first-order valence-electron chi connectivity index (χ1n) is 12.0. The Balaban J connectivity index is 1.48. The molecule has 1 heterocycles. The number of carbonyl (C=O) groups excluding carboxylic acids is 1. The number of nitrogens with zero attached hydrogens (tertiary/aromatic N) is 2. The molecule has 0 saturated heterocycles. The van der Waals surface area contributed by atoms with Crippen LogP contribution in [-0.2, 0) is 24.4 Å². The maximum absolute atomic E-state index is 13.2. The van der Waals surface area contributed by atoms with Gasteiger partial charge in [-0.25, -0.2) is 0 Å². The van der Waals surface area contributed by atoms with Crippen LogP contribution in [0.3, 0.4) is 0 Å². The molecule has 0 atom stereocenters. The summed E-state index contributed by atoms with van der Waals surface area (Å²) in [6, 6.07) is 31.5. The van der Waals surface area contributed by atoms with E-state index in [4.69, 9.17) is 9.47 Å². The Morgan fingerprint density at radius 2 is 1.61 bits per heavy atom. The molecule has 5 heteroatoms. The van der Waals surface area contributed by atoms with Gasteiger partial charge in [0.1, 0.15) is 6.61 Å². The number of hydrogen-bond acceptors (Lipinski definition) is 4. The number of ether oxygens (including phenoxy) is 2. The van der Waals surface area contributed by atoms with Gasteiger partial charge in [0.2, 0.25) is 5.91 Å². The fourth-order valence-corrected chi connectivity index (χ4v) is 3.79. The predicted molar refractivity (Wildman–Crippen MR) is 143 cm³/mol. The lowest BCUT2D eigenvalue weighted by molar-refractivity contribution is -0.126. The minimum Gasteiger partial charge on any atom is -0.493 e. The van der Waals surface area contributed by atoms with Crippen molar-refractivity contribution in [1.82, 2.24) is 9.88 Å². The van der Waals surface area contributed by atoms with E-state index in [0.717, 1.165) is 22.4 Å². The molecule has 0 unspecified atom stereocenters. The van der Waals surface area contributed by atoms with Crippen LogP contribution in [-0.4, -0.2) is 29.4 Å². The van der Waals surface area contributed by atoms with Crippen LogP contribution in [0.15, 0.2) is 109 Å². The molecule has 1 amide bonds. The highest BCUT2D eigenvalue weighted by Crippen LogP contribution is 2.29. The SMILES string of the molecule is COc1cc(CN(CCc2ccccn2)C(=O)/C=C/c2ccccc2)ccc1OCc1ccccc1. The van der Waals surface area contributed by atoms with E-state index < -0.39 is 0 Å². The number of hydrogen-bond donors (Lipinski definition) is 0. The summed E-state index contributed by atoms with van der Waals surface area (Å²) in [5.74, 6) is 1.25. The Hall–Kier alpha value is -4.38. The van der Waals surface area contributed by atoms with Crippen molar-refractivity contribution in [3.05, 3.63) is 132 Å². The van der Waals surface area contributed by atoms with Gasteiger partial charge in [-0.15, -0.1) is 0 Å². The Kier molecular flexibility index (Phi) is 8.87. The van der Waals surface area contributed by atoms with Crippen molar-refractivity contribution in [3.63, 3.8) is 0 Å². The van der Waals surface area contributed by atoms with E-state index >= 15 is 0 Å². The fraction of sp³-hybridized carbons (Fsp3) is 0.161. The molecule has 3 aromatic carbocycles. The van der Waals surface area contributed by atoms with Crippen molar-refractivity contribution in [2.75, 3.05) is 13.7 Å². The van der Waals surface area contributed by atoms with Crippen molar-refractivity contribution in [2.24, 2.45) is 0 Å². The number of pyridine rings is 1. The van der Waals surface area contributed by atoms with Crippen LogP contribution in [0.2, 0.25) is 0 Å². The van der Waals surface area contributed by atoms with E-state index in [9.17, 15) is 4.79 Å². The summed E-state index contributed by atoms with van der Waals surface area (Å²) in [5, 5.41) is 0. The van der Waals surface area contributed by atoms with Crippen LogP contribution in [0.4, 0.5) is 0 Å². The maximum Gasteiger partial charge on any atom is 0.246 e. The summed E-state index contributed by atoms with van der Waals surface area (Å²) < 4.78 is 11.6. The molecule has 0 aliphatic heterocycles. The molecule has 182 valence electrons. The highest BCUT2D eigenvalue weighted by atomic mass is 16.5. The summed E-state index contributed by atoms with van der Waals surface area (Å²) >= 11 is 0. The smallest absolute Gasteiger partial charge is 0.246 e. The van der Waals surface area contributed by atoms with E-state index in [1.807, 2.05) is 108 Å². The van der Waals surface area contributed by atoms with Crippen molar-refractivity contribution in [3.8, 4) is 11.5 Å². The van der Waals surface area contributed by atoms with E-state index in [-0.39, 0.29) is 5.91 Å². The first-order valence-corrected chi connectivity index (χ1v) is 12.0. The molecule has 1 aromatic heterocycles. The highest BCUT2D eigenvalue weighted by molar-refractivity contribution is 5.91. The minimum atomic E-state index is -0.0573. The molecule has 4 rings (SSSR count). The van der Waals surface area contributed by atoms with E-state index in [2.05, 4.69) is 4.98 Å². The van der Waals surface area contributed by atoms with E-state index in [1.165, 1.54) is 0 Å². The molecule has 0 aliphatic carbocycles. The summed E-state index contributed by atoms with van der Waals surface area (Å²) in [6.45, 7) is 1.44. The monoisotopic (exact) mass is 478 g/mol. The number of benzene rings is 3. The van der Waals surface area contributed by atoms with Gasteiger partial charge < -0.3 is 14.4 Å². The predicted octanol–water partition coefficient (Wildman–Crippen LogP) is 5.95. The number of aromatic nitrogens is 1. The average molecular weight is 479 g/mol. The second-order valence-electron chi connectivity index (χ2n) is 8.33. The number of rotatable bonds is 11. The molecule has 0 radical (unpaired) electrons. The molecule has 0 saturated carbocycles. The number of methoxy groups -OCH3 is 1. The minimum absolute atomic E-state index is 0.0573. The van der Waals surface area contributed by atoms with Crippen molar-refractivity contribution < 1.29 is 14.3 Å². The third-order valence-electron chi connectivity index (χ3n) is 5.73. The lowest BCUT2D eigenvalue weighted by atomic mass is 10.1. The van der Waals surface area contributed by atoms with Crippen LogP contribution in [0.25, 0.3) is 6.08 Å². The van der Waals surface area contributed by atoms with Crippen LogP contribution in [0.1, 0.15) is 22.4 Å². The Morgan fingerprint density at radius 3 is 2.33 bits per heavy atom.